The molecule has 1 aliphatic rings. The first kappa shape index (κ1) is 9.66. The second-order valence-corrected chi connectivity index (χ2v) is 4.63. The van der Waals surface area contributed by atoms with E-state index in [0.29, 0.717) is 5.92 Å². The van der Waals surface area contributed by atoms with Gasteiger partial charge in [0.2, 0.25) is 0 Å². The Labute approximate surface area is 85.5 Å². The van der Waals surface area contributed by atoms with Crippen LogP contribution in [0.15, 0.2) is 18.5 Å². The summed E-state index contributed by atoms with van der Waals surface area (Å²) in [5.41, 5.74) is 8.88. The summed E-state index contributed by atoms with van der Waals surface area (Å²) in [6.07, 6.45) is 7.29. The minimum absolute atomic E-state index is 0.0755. The summed E-state index contributed by atoms with van der Waals surface area (Å²) in [6.45, 7) is 4.42. The number of aromatic nitrogens is 1. The summed E-state index contributed by atoms with van der Waals surface area (Å²) in [6, 6.07) is 2.10. The molecule has 0 aliphatic heterocycles. The Balaban J connectivity index is 2.41. The van der Waals surface area contributed by atoms with Gasteiger partial charge in [-0.2, -0.15) is 0 Å². The molecule has 0 bridgehead atoms. The van der Waals surface area contributed by atoms with E-state index in [1.807, 2.05) is 12.4 Å². The van der Waals surface area contributed by atoms with Crippen LogP contribution in [0.5, 0.6) is 0 Å². The Morgan fingerprint density at radius 3 is 2.64 bits per heavy atom. The van der Waals surface area contributed by atoms with Crippen molar-refractivity contribution in [1.82, 2.24) is 4.98 Å². The maximum Gasteiger partial charge on any atom is 0.0427 e. The number of pyridine rings is 1. The van der Waals surface area contributed by atoms with Gasteiger partial charge < -0.3 is 5.73 Å². The Bertz CT molecular complexity index is 327. The highest BCUT2D eigenvalue weighted by Gasteiger charge is 2.36. The van der Waals surface area contributed by atoms with Gasteiger partial charge in [-0.3, -0.25) is 4.98 Å². The molecule has 1 saturated carbocycles. The van der Waals surface area contributed by atoms with E-state index in [-0.39, 0.29) is 5.54 Å². The molecule has 0 atom stereocenters. The molecular formula is C12H18N2. The lowest BCUT2D eigenvalue weighted by Gasteiger charge is -2.40. The lowest BCUT2D eigenvalue weighted by atomic mass is 9.71. The van der Waals surface area contributed by atoms with E-state index >= 15 is 0 Å². The molecule has 76 valence electrons. The molecule has 0 unspecified atom stereocenters. The summed E-state index contributed by atoms with van der Waals surface area (Å²) in [5, 5.41) is 0. The molecule has 2 heteroatoms. The second-order valence-electron chi connectivity index (χ2n) is 4.63. The lowest BCUT2D eigenvalue weighted by molar-refractivity contribution is 0.250. The second kappa shape index (κ2) is 3.35. The number of hydrogen-bond donors (Lipinski definition) is 1. The van der Waals surface area contributed by atoms with Gasteiger partial charge in [0.15, 0.2) is 0 Å². The highest BCUT2D eigenvalue weighted by atomic mass is 14.8. The van der Waals surface area contributed by atoms with Gasteiger partial charge in [0, 0.05) is 17.9 Å². The van der Waals surface area contributed by atoms with Gasteiger partial charge in [-0.1, -0.05) is 13.8 Å². The van der Waals surface area contributed by atoms with E-state index in [1.165, 1.54) is 17.5 Å². The molecule has 1 heterocycles. The van der Waals surface area contributed by atoms with Crippen LogP contribution in [0, 0.1) is 0 Å². The zero-order valence-electron chi connectivity index (χ0n) is 8.96. The van der Waals surface area contributed by atoms with Crippen molar-refractivity contribution in [2.75, 3.05) is 0 Å². The molecule has 0 saturated heterocycles. The molecule has 0 aromatic carbocycles. The quantitative estimate of drug-likeness (QED) is 0.778. The third kappa shape index (κ3) is 1.44. The van der Waals surface area contributed by atoms with Crippen LogP contribution in [-0.4, -0.2) is 4.98 Å². The van der Waals surface area contributed by atoms with Crippen molar-refractivity contribution < 1.29 is 0 Å². The number of hydrogen-bond acceptors (Lipinski definition) is 2. The topological polar surface area (TPSA) is 38.9 Å². The van der Waals surface area contributed by atoms with Crippen molar-refractivity contribution in [2.24, 2.45) is 5.73 Å². The average molecular weight is 190 g/mol. The van der Waals surface area contributed by atoms with Crippen molar-refractivity contribution in [3.05, 3.63) is 29.6 Å². The normalized spacial score (nSPS) is 19.4. The third-order valence-corrected chi connectivity index (χ3v) is 3.26. The fourth-order valence-corrected chi connectivity index (χ4v) is 2.15. The zero-order valence-corrected chi connectivity index (χ0v) is 8.96. The van der Waals surface area contributed by atoms with E-state index in [0.717, 1.165) is 12.8 Å². The van der Waals surface area contributed by atoms with Gasteiger partial charge in [-0.15, -0.1) is 0 Å². The molecule has 2 N–H and O–H groups in total. The number of nitrogens with two attached hydrogens (primary N) is 1. The van der Waals surface area contributed by atoms with E-state index < -0.39 is 0 Å². The Morgan fingerprint density at radius 1 is 1.43 bits per heavy atom. The maximum atomic E-state index is 6.32. The predicted octanol–water partition coefficient (Wildman–Crippen LogP) is 2.54. The van der Waals surface area contributed by atoms with Crippen LogP contribution in [0.3, 0.4) is 0 Å². The fraction of sp³-hybridized carbons (Fsp3) is 0.583. The fourth-order valence-electron chi connectivity index (χ4n) is 2.15. The van der Waals surface area contributed by atoms with Crippen LogP contribution < -0.4 is 5.73 Å². The predicted molar refractivity (Wildman–Crippen MR) is 58.0 cm³/mol. The van der Waals surface area contributed by atoms with Crippen molar-refractivity contribution in [1.29, 1.82) is 0 Å². The summed E-state index contributed by atoms with van der Waals surface area (Å²) in [5.74, 6) is 0.536. The average Bonchev–Trinajstić information content (AvgIpc) is 2.14. The van der Waals surface area contributed by atoms with E-state index in [9.17, 15) is 0 Å². The monoisotopic (exact) mass is 190 g/mol. The maximum absolute atomic E-state index is 6.32. The highest BCUT2D eigenvalue weighted by molar-refractivity contribution is 5.34. The molecule has 2 nitrogen and oxygen atoms in total. The molecule has 14 heavy (non-hydrogen) atoms. The van der Waals surface area contributed by atoms with Crippen molar-refractivity contribution in [3.8, 4) is 0 Å². The minimum atomic E-state index is -0.0755. The van der Waals surface area contributed by atoms with Crippen molar-refractivity contribution >= 4 is 0 Å². The summed E-state index contributed by atoms with van der Waals surface area (Å²) in [4.78, 5) is 4.20. The largest absolute Gasteiger partial charge is 0.321 e. The van der Waals surface area contributed by atoms with E-state index in [1.54, 1.807) is 0 Å². The van der Waals surface area contributed by atoms with Gasteiger partial charge in [0.05, 0.1) is 0 Å². The lowest BCUT2D eigenvalue weighted by Crippen LogP contribution is -2.44. The minimum Gasteiger partial charge on any atom is -0.321 e. The standard InChI is InChI=1S/C12H18N2/c1-9(2)10-4-7-14-8-11(10)12(13)5-3-6-12/h4,7-9H,3,5-6,13H2,1-2H3. The molecular weight excluding hydrogens is 172 g/mol. The van der Waals surface area contributed by atoms with Gasteiger partial charge in [-0.05, 0) is 42.4 Å². The Hall–Kier alpha value is -0.890. The van der Waals surface area contributed by atoms with Crippen LogP contribution in [0.25, 0.3) is 0 Å². The number of rotatable bonds is 2. The smallest absolute Gasteiger partial charge is 0.0427 e. The molecule has 2 rings (SSSR count). The molecule has 1 aromatic heterocycles. The molecule has 1 fully saturated rings. The van der Waals surface area contributed by atoms with Crippen LogP contribution in [0.1, 0.15) is 50.2 Å². The first-order valence-electron chi connectivity index (χ1n) is 5.37. The molecule has 1 aliphatic carbocycles. The molecule has 0 radical (unpaired) electrons. The van der Waals surface area contributed by atoms with E-state index in [4.69, 9.17) is 5.73 Å². The van der Waals surface area contributed by atoms with Crippen LogP contribution in [0.4, 0.5) is 0 Å². The third-order valence-electron chi connectivity index (χ3n) is 3.26. The van der Waals surface area contributed by atoms with Gasteiger partial charge in [-0.25, -0.2) is 0 Å². The number of nitrogens with zero attached hydrogens (tertiary/aromatic N) is 1. The highest BCUT2D eigenvalue weighted by Crippen LogP contribution is 2.41. The summed E-state index contributed by atoms with van der Waals surface area (Å²) in [7, 11) is 0. The SMILES string of the molecule is CC(C)c1ccncc1C1(N)CCC1. The first-order chi connectivity index (χ1) is 6.63. The van der Waals surface area contributed by atoms with Crippen LogP contribution >= 0.6 is 0 Å². The summed E-state index contributed by atoms with van der Waals surface area (Å²) >= 11 is 0. The first-order valence-corrected chi connectivity index (χ1v) is 5.37. The van der Waals surface area contributed by atoms with Crippen molar-refractivity contribution in [2.45, 2.75) is 44.6 Å². The van der Waals surface area contributed by atoms with Gasteiger partial charge in [0.1, 0.15) is 0 Å². The Kier molecular flexibility index (Phi) is 2.31. The molecule has 0 amide bonds. The summed E-state index contributed by atoms with van der Waals surface area (Å²) < 4.78 is 0. The Morgan fingerprint density at radius 2 is 2.14 bits per heavy atom. The van der Waals surface area contributed by atoms with Gasteiger partial charge in [0.25, 0.3) is 0 Å². The zero-order chi connectivity index (χ0) is 10.2. The van der Waals surface area contributed by atoms with Crippen LogP contribution in [-0.2, 0) is 5.54 Å². The van der Waals surface area contributed by atoms with Crippen LogP contribution in [0.2, 0.25) is 0 Å². The molecule has 0 spiro atoms. The van der Waals surface area contributed by atoms with Gasteiger partial charge >= 0.3 is 0 Å². The van der Waals surface area contributed by atoms with Crippen molar-refractivity contribution in [3.63, 3.8) is 0 Å². The molecule has 1 aromatic rings. The van der Waals surface area contributed by atoms with E-state index in [2.05, 4.69) is 24.9 Å².